The summed E-state index contributed by atoms with van der Waals surface area (Å²) in [5.41, 5.74) is 2.62. The van der Waals surface area contributed by atoms with Crippen molar-refractivity contribution in [2.24, 2.45) is 0 Å². The van der Waals surface area contributed by atoms with Crippen molar-refractivity contribution >= 4 is 5.78 Å². The lowest BCUT2D eigenvalue weighted by molar-refractivity contribution is -0.186. The zero-order valence-corrected chi connectivity index (χ0v) is 19.6. The van der Waals surface area contributed by atoms with E-state index in [9.17, 15) is 4.79 Å². The molecule has 0 spiro atoms. The summed E-state index contributed by atoms with van der Waals surface area (Å²) < 4.78 is 18.8. The number of carbonyl (C=O) groups excluding carboxylic acids is 1. The molecule has 0 amide bonds. The fraction of sp³-hybridized carbons (Fsp3) is 0.464. The van der Waals surface area contributed by atoms with E-state index < -0.39 is 11.0 Å². The topological polar surface area (TPSA) is 48.0 Å². The number of ketones is 1. The highest BCUT2D eigenvalue weighted by atomic mass is 16.5. The van der Waals surface area contributed by atoms with Crippen LogP contribution >= 0.6 is 0 Å². The van der Waals surface area contributed by atoms with E-state index in [1.807, 2.05) is 37.5 Å². The second kappa shape index (κ2) is 8.62. The number of carbonyl (C=O) groups is 1. The van der Waals surface area contributed by atoms with Gasteiger partial charge in [-0.05, 0) is 43.0 Å². The van der Waals surface area contributed by atoms with Gasteiger partial charge in [0.2, 0.25) is 0 Å². The number of piperidine rings is 1. The molecule has 5 rings (SSSR count). The molecule has 2 aromatic carbocycles. The van der Waals surface area contributed by atoms with Crippen molar-refractivity contribution in [3.63, 3.8) is 0 Å². The van der Waals surface area contributed by atoms with Crippen molar-refractivity contribution in [1.82, 2.24) is 4.90 Å². The van der Waals surface area contributed by atoms with Gasteiger partial charge in [-0.25, -0.2) is 0 Å². The average molecular weight is 448 g/mol. The number of likely N-dealkylation sites (tertiary alicyclic amines) is 1. The minimum atomic E-state index is -0.430. The number of rotatable bonds is 7. The maximum Gasteiger partial charge on any atom is 0.164 e. The van der Waals surface area contributed by atoms with E-state index in [1.54, 1.807) is 7.11 Å². The summed E-state index contributed by atoms with van der Waals surface area (Å²) in [6, 6.07) is 14.5. The Morgan fingerprint density at radius 2 is 1.97 bits per heavy atom. The molecule has 2 fully saturated rings. The number of ether oxygens (including phenoxy) is 3. The van der Waals surface area contributed by atoms with Crippen molar-refractivity contribution in [2.75, 3.05) is 27.3 Å². The molecule has 0 aromatic heterocycles. The van der Waals surface area contributed by atoms with E-state index in [1.165, 1.54) is 5.56 Å². The summed E-state index contributed by atoms with van der Waals surface area (Å²) >= 11 is 0. The smallest absolute Gasteiger partial charge is 0.164 e. The molecule has 1 saturated carbocycles. The number of benzene rings is 2. The van der Waals surface area contributed by atoms with Crippen LogP contribution in [0.5, 0.6) is 11.5 Å². The maximum atomic E-state index is 12.9. The molecule has 5 nitrogen and oxygen atoms in total. The van der Waals surface area contributed by atoms with Gasteiger partial charge in [0.15, 0.2) is 11.5 Å². The molecule has 1 heterocycles. The van der Waals surface area contributed by atoms with Crippen LogP contribution in [-0.2, 0) is 28.0 Å². The first kappa shape index (κ1) is 22.2. The Morgan fingerprint density at radius 3 is 2.70 bits per heavy atom. The van der Waals surface area contributed by atoms with Gasteiger partial charge in [-0.2, -0.15) is 0 Å². The summed E-state index contributed by atoms with van der Waals surface area (Å²) in [6.07, 6.45) is 5.48. The maximum absolute atomic E-state index is 12.9. The standard InChI is InChI=1S/C28H33NO4/c1-4-15-29-16-14-27-18-22(30)12-13-28(27,32-3)24(29)17-21-10-11-23(26(31-2)25(21)27)33-19-20-8-6-5-7-9-20/h4-11,24H,1,12-19H2,2-3H3/t24-,27-,28-/m1/s1. The van der Waals surface area contributed by atoms with E-state index in [4.69, 9.17) is 14.2 Å². The fourth-order valence-corrected chi connectivity index (χ4v) is 6.81. The summed E-state index contributed by atoms with van der Waals surface area (Å²) in [5, 5.41) is 0. The van der Waals surface area contributed by atoms with E-state index in [0.29, 0.717) is 25.2 Å². The van der Waals surface area contributed by atoms with Gasteiger partial charge in [-0.3, -0.25) is 9.69 Å². The Hall–Kier alpha value is -2.63. The molecule has 174 valence electrons. The van der Waals surface area contributed by atoms with Crippen LogP contribution in [0.1, 0.15) is 42.4 Å². The van der Waals surface area contributed by atoms with Crippen LogP contribution in [0, 0.1) is 0 Å². The van der Waals surface area contributed by atoms with E-state index in [2.05, 4.69) is 29.7 Å². The SMILES string of the molecule is C=CCN1CC[C@]23CC(=O)CC[C@@]2(OC)[C@H]1Cc1ccc(OCc2ccccc2)c(OC)c13. The second-order valence-electron chi connectivity index (χ2n) is 9.55. The highest BCUT2D eigenvalue weighted by Crippen LogP contribution is 2.62. The van der Waals surface area contributed by atoms with Crippen LogP contribution in [0.25, 0.3) is 0 Å². The molecule has 3 atom stereocenters. The molecular weight excluding hydrogens is 414 g/mol. The summed E-state index contributed by atoms with van der Waals surface area (Å²) in [5.74, 6) is 1.80. The first-order chi connectivity index (χ1) is 16.1. The zero-order valence-electron chi connectivity index (χ0n) is 19.6. The normalized spacial score (nSPS) is 28.5. The third-order valence-corrected chi connectivity index (χ3v) is 8.16. The Balaban J connectivity index is 1.63. The van der Waals surface area contributed by atoms with Gasteiger partial charge in [0.25, 0.3) is 0 Å². The third kappa shape index (κ3) is 3.32. The zero-order chi connectivity index (χ0) is 23.1. The number of hydrogen-bond acceptors (Lipinski definition) is 5. The van der Waals surface area contributed by atoms with Crippen molar-refractivity contribution in [1.29, 1.82) is 0 Å². The molecule has 3 aliphatic rings. The van der Waals surface area contributed by atoms with E-state index in [-0.39, 0.29) is 6.04 Å². The van der Waals surface area contributed by atoms with Crippen LogP contribution in [0.15, 0.2) is 55.1 Å². The van der Waals surface area contributed by atoms with Gasteiger partial charge >= 0.3 is 0 Å². The van der Waals surface area contributed by atoms with Crippen LogP contribution in [0.3, 0.4) is 0 Å². The largest absolute Gasteiger partial charge is 0.493 e. The van der Waals surface area contributed by atoms with Crippen molar-refractivity contribution in [2.45, 2.75) is 55.8 Å². The van der Waals surface area contributed by atoms with Crippen LogP contribution in [-0.4, -0.2) is 49.6 Å². The molecule has 2 aromatic rings. The monoisotopic (exact) mass is 447 g/mol. The van der Waals surface area contributed by atoms with Crippen molar-refractivity contribution in [3.05, 3.63) is 71.8 Å². The summed E-state index contributed by atoms with van der Waals surface area (Å²) in [7, 11) is 3.53. The Labute approximate surface area is 196 Å². The van der Waals surface area contributed by atoms with Crippen LogP contribution in [0.4, 0.5) is 0 Å². The van der Waals surface area contributed by atoms with Gasteiger partial charge in [-0.1, -0.05) is 42.5 Å². The highest BCUT2D eigenvalue weighted by molar-refractivity contribution is 5.83. The predicted octanol–water partition coefficient (Wildman–Crippen LogP) is 4.47. The fourth-order valence-electron chi connectivity index (χ4n) is 6.81. The number of methoxy groups -OCH3 is 2. The second-order valence-corrected chi connectivity index (χ2v) is 9.55. The predicted molar refractivity (Wildman–Crippen MR) is 128 cm³/mol. The van der Waals surface area contributed by atoms with Gasteiger partial charge in [-0.15, -0.1) is 6.58 Å². The Kier molecular flexibility index (Phi) is 5.79. The lowest BCUT2D eigenvalue weighted by Crippen LogP contribution is -2.74. The quantitative estimate of drug-likeness (QED) is 0.587. The molecule has 2 bridgehead atoms. The molecule has 0 radical (unpaired) electrons. The first-order valence-corrected chi connectivity index (χ1v) is 11.9. The molecule has 33 heavy (non-hydrogen) atoms. The Bertz CT molecular complexity index is 1050. The minimum Gasteiger partial charge on any atom is -0.493 e. The number of Topliss-reactive ketones (excluding diaryl/α,β-unsaturated/α-hetero) is 1. The minimum absolute atomic E-state index is 0.204. The average Bonchev–Trinajstić information content (AvgIpc) is 2.84. The number of fused-ring (bicyclic) bond motifs is 1. The van der Waals surface area contributed by atoms with E-state index >= 15 is 0 Å². The third-order valence-electron chi connectivity index (χ3n) is 8.16. The molecule has 5 heteroatoms. The Morgan fingerprint density at radius 1 is 1.15 bits per heavy atom. The molecule has 1 saturated heterocycles. The van der Waals surface area contributed by atoms with Gasteiger partial charge in [0.1, 0.15) is 12.4 Å². The highest BCUT2D eigenvalue weighted by Gasteiger charge is 2.66. The molecular formula is C28H33NO4. The number of nitrogens with zero attached hydrogens (tertiary/aromatic N) is 1. The molecule has 0 N–H and O–H groups in total. The van der Waals surface area contributed by atoms with Crippen molar-refractivity contribution in [3.8, 4) is 11.5 Å². The lowest BCUT2D eigenvalue weighted by atomic mass is 9.49. The summed E-state index contributed by atoms with van der Waals surface area (Å²) in [6.45, 7) is 6.18. The van der Waals surface area contributed by atoms with Crippen LogP contribution < -0.4 is 9.47 Å². The van der Waals surface area contributed by atoms with Gasteiger partial charge < -0.3 is 14.2 Å². The van der Waals surface area contributed by atoms with E-state index in [0.717, 1.165) is 55.0 Å². The molecule has 0 unspecified atom stereocenters. The van der Waals surface area contributed by atoms with Gasteiger partial charge in [0, 0.05) is 43.5 Å². The van der Waals surface area contributed by atoms with Gasteiger partial charge in [0.05, 0.1) is 12.7 Å². The lowest BCUT2D eigenvalue weighted by Gasteiger charge is -2.65. The van der Waals surface area contributed by atoms with Crippen LogP contribution in [0.2, 0.25) is 0 Å². The molecule has 2 aliphatic carbocycles. The number of hydrogen-bond donors (Lipinski definition) is 0. The molecule has 1 aliphatic heterocycles. The summed E-state index contributed by atoms with van der Waals surface area (Å²) in [4.78, 5) is 15.4. The van der Waals surface area contributed by atoms with Crippen molar-refractivity contribution < 1.29 is 19.0 Å². The first-order valence-electron chi connectivity index (χ1n) is 11.9.